The van der Waals surface area contributed by atoms with Crippen LogP contribution in [0.15, 0.2) is 30.3 Å². The van der Waals surface area contributed by atoms with Gasteiger partial charge in [-0.25, -0.2) is 0 Å². The Morgan fingerprint density at radius 1 is 1.00 bits per heavy atom. The fraction of sp³-hybridized carbons (Fsp3) is 0.571. The van der Waals surface area contributed by atoms with E-state index in [1.54, 1.807) is 0 Å². The molecular formula is C14H22O. The van der Waals surface area contributed by atoms with Crippen molar-refractivity contribution in [2.75, 3.05) is 6.61 Å². The van der Waals surface area contributed by atoms with Crippen molar-refractivity contribution in [2.45, 2.75) is 33.1 Å². The molecule has 0 aliphatic carbocycles. The molecule has 0 saturated heterocycles. The standard InChI is InChI=1S/C14H22O/c1-3-13(4-2)14(11-15)10-12-8-6-5-7-9-12/h5-9,13-15H,3-4,10-11H2,1-2H3. The first-order valence-corrected chi connectivity index (χ1v) is 5.96. The number of aliphatic hydroxyl groups is 1. The Bertz CT molecular complexity index is 251. The maximum absolute atomic E-state index is 9.42. The van der Waals surface area contributed by atoms with Crippen LogP contribution in [0.1, 0.15) is 32.3 Å². The minimum absolute atomic E-state index is 0.307. The van der Waals surface area contributed by atoms with Gasteiger partial charge in [0.05, 0.1) is 0 Å². The van der Waals surface area contributed by atoms with E-state index in [0.717, 1.165) is 19.3 Å². The lowest BCUT2D eigenvalue weighted by molar-refractivity contribution is 0.167. The Labute approximate surface area is 93.1 Å². The third-order valence-corrected chi connectivity index (χ3v) is 3.29. The third-order valence-electron chi connectivity index (χ3n) is 3.29. The fourth-order valence-corrected chi connectivity index (χ4v) is 2.25. The van der Waals surface area contributed by atoms with Gasteiger partial charge >= 0.3 is 0 Å². The molecule has 0 radical (unpaired) electrons. The first-order chi connectivity index (χ1) is 7.31. The van der Waals surface area contributed by atoms with Gasteiger partial charge in [-0.2, -0.15) is 0 Å². The number of rotatable bonds is 6. The van der Waals surface area contributed by atoms with E-state index in [-0.39, 0.29) is 0 Å². The van der Waals surface area contributed by atoms with Crippen LogP contribution < -0.4 is 0 Å². The van der Waals surface area contributed by atoms with Crippen LogP contribution in [0.5, 0.6) is 0 Å². The molecule has 0 fully saturated rings. The summed E-state index contributed by atoms with van der Waals surface area (Å²) in [6, 6.07) is 10.5. The molecule has 0 amide bonds. The fourth-order valence-electron chi connectivity index (χ4n) is 2.25. The van der Waals surface area contributed by atoms with Crippen LogP contribution in [0.4, 0.5) is 0 Å². The van der Waals surface area contributed by atoms with E-state index in [9.17, 15) is 5.11 Å². The van der Waals surface area contributed by atoms with E-state index in [1.807, 2.05) is 6.07 Å². The molecule has 1 aromatic rings. The predicted octanol–water partition coefficient (Wildman–Crippen LogP) is 3.27. The van der Waals surface area contributed by atoms with Gasteiger partial charge in [0.1, 0.15) is 0 Å². The first kappa shape index (κ1) is 12.3. The van der Waals surface area contributed by atoms with Crippen molar-refractivity contribution in [3.8, 4) is 0 Å². The topological polar surface area (TPSA) is 20.2 Å². The molecule has 15 heavy (non-hydrogen) atoms. The summed E-state index contributed by atoms with van der Waals surface area (Å²) in [6.45, 7) is 4.73. The largest absolute Gasteiger partial charge is 0.396 e. The summed E-state index contributed by atoms with van der Waals surface area (Å²) in [5.41, 5.74) is 1.34. The second kappa shape index (κ2) is 6.62. The summed E-state index contributed by atoms with van der Waals surface area (Å²) >= 11 is 0. The average molecular weight is 206 g/mol. The SMILES string of the molecule is CCC(CC)C(CO)Cc1ccccc1. The Morgan fingerprint density at radius 3 is 2.07 bits per heavy atom. The van der Waals surface area contributed by atoms with Gasteiger partial charge in [0.2, 0.25) is 0 Å². The first-order valence-electron chi connectivity index (χ1n) is 5.96. The normalized spacial score (nSPS) is 13.1. The Hall–Kier alpha value is -0.820. The van der Waals surface area contributed by atoms with Crippen molar-refractivity contribution < 1.29 is 5.11 Å². The van der Waals surface area contributed by atoms with Crippen LogP contribution >= 0.6 is 0 Å². The van der Waals surface area contributed by atoms with E-state index >= 15 is 0 Å². The Balaban J connectivity index is 2.61. The maximum atomic E-state index is 9.42. The van der Waals surface area contributed by atoms with E-state index in [1.165, 1.54) is 5.56 Å². The van der Waals surface area contributed by atoms with Gasteiger partial charge in [-0.1, -0.05) is 57.0 Å². The lowest BCUT2D eigenvalue weighted by Gasteiger charge is -2.23. The smallest absolute Gasteiger partial charge is 0.0465 e. The van der Waals surface area contributed by atoms with E-state index in [0.29, 0.717) is 18.4 Å². The molecule has 0 aliphatic heterocycles. The molecule has 0 bridgehead atoms. The zero-order chi connectivity index (χ0) is 11.1. The van der Waals surface area contributed by atoms with Gasteiger partial charge in [-0.3, -0.25) is 0 Å². The van der Waals surface area contributed by atoms with Gasteiger partial charge in [0, 0.05) is 6.61 Å². The molecule has 1 aromatic carbocycles. The minimum atomic E-state index is 0.307. The predicted molar refractivity (Wildman–Crippen MR) is 64.8 cm³/mol. The Morgan fingerprint density at radius 2 is 1.60 bits per heavy atom. The molecule has 1 heteroatoms. The van der Waals surface area contributed by atoms with Gasteiger partial charge < -0.3 is 5.11 Å². The third kappa shape index (κ3) is 3.67. The molecule has 1 atom stereocenters. The van der Waals surface area contributed by atoms with Gasteiger partial charge in [-0.15, -0.1) is 0 Å². The van der Waals surface area contributed by atoms with Crippen LogP contribution in [0.3, 0.4) is 0 Å². The lowest BCUT2D eigenvalue weighted by atomic mass is 9.84. The molecule has 0 aromatic heterocycles. The monoisotopic (exact) mass is 206 g/mol. The van der Waals surface area contributed by atoms with Crippen molar-refractivity contribution in [1.29, 1.82) is 0 Å². The number of hydrogen-bond donors (Lipinski definition) is 1. The summed E-state index contributed by atoms with van der Waals surface area (Å²) in [7, 11) is 0. The van der Waals surface area contributed by atoms with Gasteiger partial charge in [0.15, 0.2) is 0 Å². The highest BCUT2D eigenvalue weighted by molar-refractivity contribution is 5.15. The highest BCUT2D eigenvalue weighted by Crippen LogP contribution is 2.23. The molecule has 1 N–H and O–H groups in total. The van der Waals surface area contributed by atoms with Crippen molar-refractivity contribution in [3.05, 3.63) is 35.9 Å². The zero-order valence-electron chi connectivity index (χ0n) is 9.82. The van der Waals surface area contributed by atoms with Crippen LogP contribution in [0.2, 0.25) is 0 Å². The molecule has 0 aliphatic rings. The van der Waals surface area contributed by atoms with Crippen molar-refractivity contribution in [2.24, 2.45) is 11.8 Å². The average Bonchev–Trinajstić information content (AvgIpc) is 2.30. The van der Waals surface area contributed by atoms with E-state index < -0.39 is 0 Å². The highest BCUT2D eigenvalue weighted by atomic mass is 16.3. The zero-order valence-corrected chi connectivity index (χ0v) is 9.82. The summed E-state index contributed by atoms with van der Waals surface area (Å²) in [5, 5.41) is 9.42. The second-order valence-electron chi connectivity index (χ2n) is 4.21. The lowest BCUT2D eigenvalue weighted by Crippen LogP contribution is -2.20. The maximum Gasteiger partial charge on any atom is 0.0465 e. The highest BCUT2D eigenvalue weighted by Gasteiger charge is 2.17. The summed E-state index contributed by atoms with van der Waals surface area (Å²) in [5.74, 6) is 1.07. The van der Waals surface area contributed by atoms with Crippen molar-refractivity contribution >= 4 is 0 Å². The van der Waals surface area contributed by atoms with Crippen molar-refractivity contribution in [3.63, 3.8) is 0 Å². The van der Waals surface area contributed by atoms with Crippen molar-refractivity contribution in [1.82, 2.24) is 0 Å². The van der Waals surface area contributed by atoms with E-state index in [2.05, 4.69) is 38.1 Å². The molecule has 84 valence electrons. The molecule has 1 unspecified atom stereocenters. The number of aliphatic hydroxyl groups excluding tert-OH is 1. The molecular weight excluding hydrogens is 184 g/mol. The number of hydrogen-bond acceptors (Lipinski definition) is 1. The van der Waals surface area contributed by atoms with Crippen LogP contribution in [0, 0.1) is 11.8 Å². The minimum Gasteiger partial charge on any atom is -0.396 e. The summed E-state index contributed by atoms with van der Waals surface area (Å²) in [6.07, 6.45) is 3.33. The van der Waals surface area contributed by atoms with Crippen LogP contribution in [-0.4, -0.2) is 11.7 Å². The molecule has 0 heterocycles. The van der Waals surface area contributed by atoms with Gasteiger partial charge in [-0.05, 0) is 23.8 Å². The molecule has 1 nitrogen and oxygen atoms in total. The van der Waals surface area contributed by atoms with Gasteiger partial charge in [0.25, 0.3) is 0 Å². The van der Waals surface area contributed by atoms with E-state index in [4.69, 9.17) is 0 Å². The summed E-state index contributed by atoms with van der Waals surface area (Å²) in [4.78, 5) is 0. The number of benzene rings is 1. The quantitative estimate of drug-likeness (QED) is 0.757. The van der Waals surface area contributed by atoms with Crippen LogP contribution in [-0.2, 0) is 6.42 Å². The Kier molecular flexibility index (Phi) is 5.41. The molecule has 1 rings (SSSR count). The molecule has 0 saturated carbocycles. The molecule has 0 spiro atoms. The van der Waals surface area contributed by atoms with Crippen LogP contribution in [0.25, 0.3) is 0 Å². The second-order valence-corrected chi connectivity index (χ2v) is 4.21. The summed E-state index contributed by atoms with van der Waals surface area (Å²) < 4.78 is 0.